The number of ketones is 1. The van der Waals surface area contributed by atoms with Gasteiger partial charge in [-0.1, -0.05) is 20.8 Å². The van der Waals surface area contributed by atoms with Crippen LogP contribution in [0.25, 0.3) is 0 Å². The molecule has 0 aromatic rings. The van der Waals surface area contributed by atoms with Crippen LogP contribution in [0.1, 0.15) is 34.6 Å². The van der Waals surface area contributed by atoms with Crippen molar-refractivity contribution in [3.05, 3.63) is 12.0 Å². The average Bonchev–Trinajstić information content (AvgIpc) is 2.40. The molecule has 0 aromatic carbocycles. The molecule has 0 saturated carbocycles. The Kier molecular flexibility index (Phi) is 4.97. The van der Waals surface area contributed by atoms with Crippen LogP contribution in [0, 0.1) is 5.41 Å². The molecule has 0 bridgehead atoms. The number of hydrogen-bond acceptors (Lipinski definition) is 4. The number of ether oxygens (including phenoxy) is 2. The first-order chi connectivity index (χ1) is 8.74. The van der Waals surface area contributed by atoms with Gasteiger partial charge in [0.05, 0.1) is 6.61 Å². The highest BCUT2D eigenvalue weighted by atomic mass is 16.7. The Morgan fingerprint density at radius 3 is 2.63 bits per heavy atom. The van der Waals surface area contributed by atoms with Crippen molar-refractivity contribution in [3.63, 3.8) is 0 Å². The summed E-state index contributed by atoms with van der Waals surface area (Å²) in [5.74, 6) is -0.350. The summed E-state index contributed by atoms with van der Waals surface area (Å²) in [5, 5.41) is 0. The third-order valence-electron chi connectivity index (χ3n) is 2.57. The minimum Gasteiger partial charge on any atom is -0.466 e. The number of hydrogen-bond donors (Lipinski definition) is 0. The fraction of sp³-hybridized carbons (Fsp3) is 0.714. The number of amides is 1. The van der Waals surface area contributed by atoms with Crippen molar-refractivity contribution >= 4 is 11.7 Å². The molecule has 108 valence electrons. The lowest BCUT2D eigenvalue weighted by Crippen LogP contribution is -2.45. The lowest BCUT2D eigenvalue weighted by Gasteiger charge is -2.29. The number of carbonyl (C=O) groups excluding carboxylic acids is 2. The maximum Gasteiger partial charge on any atom is 0.277 e. The summed E-state index contributed by atoms with van der Waals surface area (Å²) in [6.07, 6.45) is 0.610. The predicted molar refractivity (Wildman–Crippen MR) is 71.3 cm³/mol. The summed E-state index contributed by atoms with van der Waals surface area (Å²) in [4.78, 5) is 25.5. The van der Waals surface area contributed by atoms with Gasteiger partial charge in [-0.15, -0.1) is 0 Å². The molecule has 1 rings (SSSR count). The lowest BCUT2D eigenvalue weighted by molar-refractivity contribution is -0.150. The molecule has 0 aromatic heterocycles. The van der Waals surface area contributed by atoms with E-state index in [-0.39, 0.29) is 23.1 Å². The van der Waals surface area contributed by atoms with Crippen LogP contribution in [-0.4, -0.2) is 42.4 Å². The van der Waals surface area contributed by atoms with Crippen LogP contribution in [0.5, 0.6) is 0 Å². The molecule has 0 unspecified atom stereocenters. The Morgan fingerprint density at radius 2 is 2.16 bits per heavy atom. The van der Waals surface area contributed by atoms with E-state index in [9.17, 15) is 9.59 Å². The summed E-state index contributed by atoms with van der Waals surface area (Å²) in [7, 11) is 0. The van der Waals surface area contributed by atoms with E-state index in [1.54, 1.807) is 11.0 Å². The van der Waals surface area contributed by atoms with Crippen molar-refractivity contribution in [2.75, 3.05) is 19.7 Å². The molecule has 0 radical (unpaired) electrons. The van der Waals surface area contributed by atoms with Crippen LogP contribution in [0.2, 0.25) is 0 Å². The van der Waals surface area contributed by atoms with Crippen molar-refractivity contribution in [2.45, 2.75) is 40.7 Å². The second kappa shape index (κ2) is 6.08. The molecule has 0 aliphatic carbocycles. The molecular weight excluding hydrogens is 246 g/mol. The van der Waals surface area contributed by atoms with E-state index in [4.69, 9.17) is 9.47 Å². The fourth-order valence-corrected chi connectivity index (χ4v) is 1.86. The van der Waals surface area contributed by atoms with Crippen LogP contribution in [0.3, 0.4) is 0 Å². The number of nitrogens with zero attached hydrogens (tertiary/aromatic N) is 1. The summed E-state index contributed by atoms with van der Waals surface area (Å²) in [5.41, 5.74) is -0.0407. The van der Waals surface area contributed by atoms with E-state index in [0.29, 0.717) is 19.7 Å². The number of rotatable bonds is 4. The Hall–Kier alpha value is -1.52. The monoisotopic (exact) mass is 269 g/mol. The van der Waals surface area contributed by atoms with Gasteiger partial charge in [0.1, 0.15) is 0 Å². The van der Waals surface area contributed by atoms with Gasteiger partial charge in [0.15, 0.2) is 5.78 Å². The molecule has 1 aliphatic heterocycles. The zero-order valence-corrected chi connectivity index (χ0v) is 12.4. The van der Waals surface area contributed by atoms with Crippen molar-refractivity contribution in [1.29, 1.82) is 0 Å². The molecule has 1 aliphatic rings. The maximum absolute atomic E-state index is 12.3. The van der Waals surface area contributed by atoms with E-state index < -0.39 is 6.10 Å². The van der Waals surface area contributed by atoms with Crippen LogP contribution < -0.4 is 0 Å². The first kappa shape index (κ1) is 15.5. The Labute approximate surface area is 114 Å². The smallest absolute Gasteiger partial charge is 0.277 e. The predicted octanol–water partition coefficient (Wildman–Crippen LogP) is 1.73. The molecule has 5 heteroatoms. The molecule has 1 atom stereocenters. The van der Waals surface area contributed by atoms with Crippen LogP contribution >= 0.6 is 0 Å². The third kappa shape index (κ3) is 4.58. The molecule has 5 nitrogen and oxygen atoms in total. The molecule has 19 heavy (non-hydrogen) atoms. The van der Waals surface area contributed by atoms with Gasteiger partial charge < -0.3 is 14.4 Å². The van der Waals surface area contributed by atoms with Gasteiger partial charge in [-0.25, -0.2) is 0 Å². The van der Waals surface area contributed by atoms with Crippen LogP contribution in [0.4, 0.5) is 0 Å². The Balaban J connectivity index is 2.93. The van der Waals surface area contributed by atoms with Crippen molar-refractivity contribution in [2.24, 2.45) is 5.41 Å². The fourth-order valence-electron chi connectivity index (χ4n) is 1.86. The Morgan fingerprint density at radius 1 is 1.53 bits per heavy atom. The number of carbonyl (C=O) groups is 2. The van der Waals surface area contributed by atoms with Crippen LogP contribution in [0.15, 0.2) is 12.0 Å². The molecular formula is C14H23NO4. The highest BCUT2D eigenvalue weighted by Crippen LogP contribution is 2.20. The molecule has 1 heterocycles. The van der Waals surface area contributed by atoms with Gasteiger partial charge in [-0.05, 0) is 19.3 Å². The highest BCUT2D eigenvalue weighted by Gasteiger charge is 2.34. The zero-order chi connectivity index (χ0) is 14.6. The largest absolute Gasteiger partial charge is 0.466 e. The minimum absolute atomic E-state index is 0.0407. The van der Waals surface area contributed by atoms with Crippen molar-refractivity contribution < 1.29 is 19.1 Å². The summed E-state index contributed by atoms with van der Waals surface area (Å²) in [6, 6.07) is 0. The quantitative estimate of drug-likeness (QED) is 0.729. The van der Waals surface area contributed by atoms with Crippen molar-refractivity contribution in [3.8, 4) is 0 Å². The Bertz CT molecular complexity index is 381. The zero-order valence-electron chi connectivity index (χ0n) is 12.4. The second-order valence-electron chi connectivity index (χ2n) is 5.84. The third-order valence-corrected chi connectivity index (χ3v) is 2.57. The standard InChI is InChI=1S/C14H23NO4/c1-6-18-11-7-8-15(9-14(3,4)5)13(17)12(19-11)10(2)16/h7,12H,6,8-9H2,1-5H3/t12-/m1/s1. The first-order valence-electron chi connectivity index (χ1n) is 6.53. The normalized spacial score (nSPS) is 20.5. The first-order valence-corrected chi connectivity index (χ1v) is 6.53. The van der Waals surface area contributed by atoms with Gasteiger partial charge in [-0.2, -0.15) is 0 Å². The van der Waals surface area contributed by atoms with E-state index >= 15 is 0 Å². The summed E-state index contributed by atoms with van der Waals surface area (Å²) >= 11 is 0. The van der Waals surface area contributed by atoms with E-state index in [2.05, 4.69) is 0 Å². The summed E-state index contributed by atoms with van der Waals surface area (Å²) < 4.78 is 10.6. The van der Waals surface area contributed by atoms with Gasteiger partial charge in [0, 0.05) is 19.2 Å². The van der Waals surface area contributed by atoms with Gasteiger partial charge in [0.25, 0.3) is 11.9 Å². The van der Waals surface area contributed by atoms with Crippen molar-refractivity contribution in [1.82, 2.24) is 4.90 Å². The number of Topliss-reactive ketones (excluding diaryl/α,β-unsaturated/α-hetero) is 1. The van der Waals surface area contributed by atoms with Crippen LogP contribution in [-0.2, 0) is 19.1 Å². The minimum atomic E-state index is -1.09. The molecule has 1 amide bonds. The SMILES string of the molecule is CCOC1=CCN(CC(C)(C)C)C(=O)[C@@H](C(C)=O)O1. The van der Waals surface area contributed by atoms with E-state index in [1.807, 2.05) is 27.7 Å². The molecule has 0 N–H and O–H groups in total. The molecule has 0 fully saturated rings. The van der Waals surface area contributed by atoms with E-state index in [1.165, 1.54) is 6.92 Å². The maximum atomic E-state index is 12.3. The second-order valence-corrected chi connectivity index (χ2v) is 5.84. The average molecular weight is 269 g/mol. The molecule has 0 spiro atoms. The van der Waals surface area contributed by atoms with Gasteiger partial charge >= 0.3 is 0 Å². The highest BCUT2D eigenvalue weighted by molar-refractivity contribution is 6.03. The van der Waals surface area contributed by atoms with Gasteiger partial charge in [0.2, 0.25) is 6.10 Å². The van der Waals surface area contributed by atoms with Gasteiger partial charge in [-0.3, -0.25) is 9.59 Å². The lowest BCUT2D eigenvalue weighted by atomic mass is 9.95. The van der Waals surface area contributed by atoms with E-state index in [0.717, 1.165) is 0 Å². The summed E-state index contributed by atoms with van der Waals surface area (Å²) in [6.45, 7) is 10.7. The topological polar surface area (TPSA) is 55.8 Å². The molecule has 0 saturated heterocycles.